The minimum Gasteiger partial charge on any atom is -0.467 e. The van der Waals surface area contributed by atoms with Crippen molar-refractivity contribution < 1.29 is 31.7 Å². The van der Waals surface area contributed by atoms with Gasteiger partial charge in [-0.15, -0.1) is 0 Å². The number of benzene rings is 3. The van der Waals surface area contributed by atoms with Crippen LogP contribution in [-0.2, 0) is 31.0 Å². The Labute approximate surface area is 185 Å². The van der Waals surface area contributed by atoms with E-state index in [4.69, 9.17) is 13.7 Å². The van der Waals surface area contributed by atoms with Crippen molar-refractivity contribution in [1.82, 2.24) is 5.32 Å². The molecule has 32 heavy (non-hydrogen) atoms. The fourth-order valence-corrected chi connectivity index (χ4v) is 3.71. The molecule has 1 unspecified atom stereocenters. The van der Waals surface area contributed by atoms with E-state index in [2.05, 4.69) is 5.32 Å². The molecule has 1 atom stereocenters. The lowest BCUT2D eigenvalue weighted by Crippen LogP contribution is -2.34. The van der Waals surface area contributed by atoms with Crippen LogP contribution < -0.4 is 9.50 Å². The maximum atomic E-state index is 12.3. The molecule has 9 heteroatoms. The van der Waals surface area contributed by atoms with Gasteiger partial charge in [0.1, 0.15) is 17.3 Å². The third-order valence-corrected chi connectivity index (χ3v) is 5.62. The molecule has 0 spiro atoms. The van der Waals surface area contributed by atoms with Gasteiger partial charge in [0.2, 0.25) is 0 Å². The van der Waals surface area contributed by atoms with E-state index in [1.807, 2.05) is 18.2 Å². The van der Waals surface area contributed by atoms with Crippen LogP contribution >= 0.6 is 0 Å². The summed E-state index contributed by atoms with van der Waals surface area (Å²) >= 11 is 0. The Bertz CT molecular complexity index is 1150. The van der Waals surface area contributed by atoms with Crippen molar-refractivity contribution in [2.75, 3.05) is 7.11 Å². The first kappa shape index (κ1) is 22.8. The molecule has 0 saturated heterocycles. The first-order valence-corrected chi connectivity index (χ1v) is 10.9. The standard InChI is InChI=1S/C23H21NO7S/c1-29-22(25)21(24-23(26)30-16-17-8-4-2-5-9-17)18-12-14-19(15-13-18)31-32(27,28)20-10-6-3-7-11-20/h2-15,21H,16H2,1H3,(H,24,26). The van der Waals surface area contributed by atoms with Crippen molar-refractivity contribution in [1.29, 1.82) is 0 Å². The number of carbonyl (C=O) groups is 2. The lowest BCUT2D eigenvalue weighted by atomic mass is 10.1. The van der Waals surface area contributed by atoms with Gasteiger partial charge in [0.05, 0.1) is 7.11 Å². The number of methoxy groups -OCH3 is 1. The van der Waals surface area contributed by atoms with Gasteiger partial charge in [-0.2, -0.15) is 8.42 Å². The molecule has 3 aromatic carbocycles. The highest BCUT2D eigenvalue weighted by Gasteiger charge is 2.25. The summed E-state index contributed by atoms with van der Waals surface area (Å²) in [6, 6.07) is 21.3. The van der Waals surface area contributed by atoms with Gasteiger partial charge in [-0.1, -0.05) is 60.7 Å². The van der Waals surface area contributed by atoms with Crippen LogP contribution in [0.2, 0.25) is 0 Å². The van der Waals surface area contributed by atoms with Crippen LogP contribution in [0.15, 0.2) is 89.8 Å². The molecule has 0 radical (unpaired) electrons. The van der Waals surface area contributed by atoms with E-state index in [0.29, 0.717) is 5.56 Å². The highest BCUT2D eigenvalue weighted by Crippen LogP contribution is 2.22. The Balaban J connectivity index is 1.68. The second-order valence-corrected chi connectivity index (χ2v) is 8.13. The third kappa shape index (κ3) is 6.08. The van der Waals surface area contributed by atoms with E-state index in [9.17, 15) is 18.0 Å². The average Bonchev–Trinajstić information content (AvgIpc) is 2.82. The Hall–Kier alpha value is -3.85. The van der Waals surface area contributed by atoms with Gasteiger partial charge >= 0.3 is 22.2 Å². The average molecular weight is 455 g/mol. The first-order valence-electron chi connectivity index (χ1n) is 9.53. The fraction of sp³-hybridized carbons (Fsp3) is 0.130. The molecule has 3 rings (SSSR count). The van der Waals surface area contributed by atoms with Crippen LogP contribution in [0.25, 0.3) is 0 Å². The number of esters is 1. The highest BCUT2D eigenvalue weighted by molar-refractivity contribution is 7.87. The molecule has 0 aliphatic heterocycles. The second-order valence-electron chi connectivity index (χ2n) is 6.58. The van der Waals surface area contributed by atoms with Crippen LogP contribution in [0.3, 0.4) is 0 Å². The number of alkyl carbamates (subject to hydrolysis) is 1. The van der Waals surface area contributed by atoms with Crippen molar-refractivity contribution in [2.24, 2.45) is 0 Å². The molecule has 0 saturated carbocycles. The first-order chi connectivity index (χ1) is 15.4. The summed E-state index contributed by atoms with van der Waals surface area (Å²) in [6.07, 6.45) is -0.809. The SMILES string of the molecule is COC(=O)C(NC(=O)OCc1ccccc1)c1ccc(OS(=O)(=O)c2ccccc2)cc1. The summed E-state index contributed by atoms with van der Waals surface area (Å²) in [4.78, 5) is 24.4. The van der Waals surface area contributed by atoms with Gasteiger partial charge < -0.3 is 19.0 Å². The largest absolute Gasteiger partial charge is 0.467 e. The number of nitrogens with one attached hydrogen (secondary N) is 1. The summed E-state index contributed by atoms with van der Waals surface area (Å²) in [5, 5.41) is 2.45. The molecular weight excluding hydrogens is 434 g/mol. The van der Waals surface area contributed by atoms with E-state index in [-0.39, 0.29) is 17.3 Å². The minimum absolute atomic E-state index is 0.0133. The van der Waals surface area contributed by atoms with Gasteiger partial charge in [0.15, 0.2) is 6.04 Å². The van der Waals surface area contributed by atoms with Crippen molar-refractivity contribution in [3.63, 3.8) is 0 Å². The van der Waals surface area contributed by atoms with Gasteiger partial charge in [0, 0.05) is 0 Å². The van der Waals surface area contributed by atoms with E-state index < -0.39 is 28.2 Å². The number of hydrogen-bond acceptors (Lipinski definition) is 7. The third-order valence-electron chi connectivity index (χ3n) is 4.36. The zero-order valence-corrected chi connectivity index (χ0v) is 17.9. The molecule has 166 valence electrons. The number of ether oxygens (including phenoxy) is 2. The fourth-order valence-electron chi connectivity index (χ4n) is 2.76. The zero-order valence-electron chi connectivity index (χ0n) is 17.1. The van der Waals surface area contributed by atoms with Gasteiger partial charge in [-0.25, -0.2) is 9.59 Å². The van der Waals surface area contributed by atoms with Crippen molar-refractivity contribution >= 4 is 22.2 Å². The molecule has 0 aromatic heterocycles. The summed E-state index contributed by atoms with van der Waals surface area (Å²) in [5.74, 6) is -0.667. The minimum atomic E-state index is -4.00. The molecule has 0 bridgehead atoms. The number of rotatable bonds is 8. The molecule has 0 fully saturated rings. The summed E-state index contributed by atoms with van der Waals surface area (Å²) in [6.45, 7) is 0.0324. The van der Waals surface area contributed by atoms with Gasteiger partial charge in [-0.05, 0) is 35.4 Å². The second kappa shape index (κ2) is 10.5. The van der Waals surface area contributed by atoms with Crippen molar-refractivity contribution in [3.8, 4) is 5.75 Å². The predicted molar refractivity (Wildman–Crippen MR) is 115 cm³/mol. The van der Waals surface area contributed by atoms with Gasteiger partial charge in [0.25, 0.3) is 0 Å². The molecule has 1 amide bonds. The Morgan fingerprint density at radius 2 is 1.47 bits per heavy atom. The molecular formula is C23H21NO7S. The van der Waals surface area contributed by atoms with Crippen LogP contribution in [0.1, 0.15) is 17.2 Å². The quantitative estimate of drug-likeness (QED) is 0.408. The van der Waals surface area contributed by atoms with Crippen LogP contribution in [0, 0.1) is 0 Å². The van der Waals surface area contributed by atoms with Crippen LogP contribution in [-0.4, -0.2) is 27.6 Å². The Kier molecular flexibility index (Phi) is 7.45. The number of amides is 1. The molecule has 1 N–H and O–H groups in total. The monoisotopic (exact) mass is 455 g/mol. The molecule has 0 aliphatic carbocycles. The number of carbonyl (C=O) groups excluding carboxylic acids is 2. The topological polar surface area (TPSA) is 108 Å². The Morgan fingerprint density at radius 3 is 2.06 bits per heavy atom. The van der Waals surface area contributed by atoms with E-state index in [1.54, 1.807) is 30.3 Å². The lowest BCUT2D eigenvalue weighted by Gasteiger charge is -2.17. The summed E-state index contributed by atoms with van der Waals surface area (Å²) in [7, 11) is -2.81. The molecule has 3 aromatic rings. The van der Waals surface area contributed by atoms with Crippen molar-refractivity contribution in [3.05, 3.63) is 96.1 Å². The maximum Gasteiger partial charge on any atom is 0.408 e. The summed E-state index contributed by atoms with van der Waals surface area (Å²) < 4.78 is 39.7. The summed E-state index contributed by atoms with van der Waals surface area (Å²) in [5.41, 5.74) is 1.15. The predicted octanol–water partition coefficient (Wildman–Crippen LogP) is 3.59. The zero-order chi connectivity index (χ0) is 23.0. The Morgan fingerprint density at radius 1 is 0.875 bits per heavy atom. The van der Waals surface area contributed by atoms with E-state index in [0.717, 1.165) is 5.56 Å². The molecule has 8 nitrogen and oxygen atoms in total. The van der Waals surface area contributed by atoms with Crippen molar-refractivity contribution in [2.45, 2.75) is 17.5 Å². The number of hydrogen-bond donors (Lipinski definition) is 1. The highest BCUT2D eigenvalue weighted by atomic mass is 32.2. The molecule has 0 aliphatic rings. The van der Waals surface area contributed by atoms with E-state index in [1.165, 1.54) is 43.5 Å². The normalized spacial score (nSPS) is 11.8. The smallest absolute Gasteiger partial charge is 0.408 e. The van der Waals surface area contributed by atoms with Crippen LogP contribution in [0.5, 0.6) is 5.75 Å². The maximum absolute atomic E-state index is 12.3. The van der Waals surface area contributed by atoms with E-state index >= 15 is 0 Å². The van der Waals surface area contributed by atoms with Gasteiger partial charge in [-0.3, -0.25) is 0 Å². The van der Waals surface area contributed by atoms with Crippen LogP contribution in [0.4, 0.5) is 4.79 Å². The lowest BCUT2D eigenvalue weighted by molar-refractivity contribution is -0.143. The molecule has 0 heterocycles.